The molecule has 1 saturated heterocycles. The van der Waals surface area contributed by atoms with Crippen LogP contribution in [0.1, 0.15) is 42.1 Å². The molecule has 0 atom stereocenters. The zero-order valence-electron chi connectivity index (χ0n) is 17.0. The molecule has 3 rings (SSSR count). The highest BCUT2D eigenvalue weighted by molar-refractivity contribution is 7.89. The molecule has 156 valence electrons. The minimum absolute atomic E-state index is 0.151. The van der Waals surface area contributed by atoms with Gasteiger partial charge in [-0.2, -0.15) is 4.31 Å². The highest BCUT2D eigenvalue weighted by Crippen LogP contribution is 2.22. The molecule has 29 heavy (non-hydrogen) atoms. The van der Waals surface area contributed by atoms with Crippen LogP contribution in [-0.4, -0.2) is 45.4 Å². The molecule has 0 aromatic heterocycles. The number of piperidine rings is 1. The van der Waals surface area contributed by atoms with Crippen molar-refractivity contribution >= 4 is 21.7 Å². The predicted octanol–water partition coefficient (Wildman–Crippen LogP) is 3.67. The highest BCUT2D eigenvalue weighted by Gasteiger charge is 2.21. The first kappa shape index (κ1) is 21.3. The topological polar surface area (TPSA) is 66.9 Å². The van der Waals surface area contributed by atoms with E-state index in [2.05, 4.69) is 17.0 Å². The summed E-state index contributed by atoms with van der Waals surface area (Å²) in [7, 11) is -2.09. The lowest BCUT2D eigenvalue weighted by atomic mass is 10.1. The van der Waals surface area contributed by atoms with Crippen LogP contribution < -0.4 is 4.90 Å². The summed E-state index contributed by atoms with van der Waals surface area (Å²) in [6, 6.07) is 13.9. The Bertz CT molecular complexity index is 918. The van der Waals surface area contributed by atoms with Gasteiger partial charge < -0.3 is 9.64 Å². The van der Waals surface area contributed by atoms with Crippen LogP contribution in [0.3, 0.4) is 0 Å². The predicted molar refractivity (Wildman–Crippen MR) is 114 cm³/mol. The second-order valence-corrected chi connectivity index (χ2v) is 9.26. The van der Waals surface area contributed by atoms with Gasteiger partial charge in [0.15, 0.2) is 0 Å². The van der Waals surface area contributed by atoms with E-state index >= 15 is 0 Å². The Kier molecular flexibility index (Phi) is 6.92. The van der Waals surface area contributed by atoms with Crippen LogP contribution in [0.2, 0.25) is 0 Å². The lowest BCUT2D eigenvalue weighted by Gasteiger charge is -2.29. The van der Waals surface area contributed by atoms with Crippen LogP contribution in [0.25, 0.3) is 0 Å². The van der Waals surface area contributed by atoms with Gasteiger partial charge in [-0.15, -0.1) is 0 Å². The second kappa shape index (κ2) is 9.41. The van der Waals surface area contributed by atoms with Crippen molar-refractivity contribution in [3.8, 4) is 0 Å². The van der Waals surface area contributed by atoms with Crippen LogP contribution in [-0.2, 0) is 21.3 Å². The third-order valence-corrected chi connectivity index (χ3v) is 6.95. The number of ether oxygens (including phenoxy) is 1. The second-order valence-electron chi connectivity index (χ2n) is 7.22. The Morgan fingerprint density at radius 1 is 1.00 bits per heavy atom. The molecular weight excluding hydrogens is 388 g/mol. The maximum Gasteiger partial charge on any atom is 0.338 e. The normalized spacial score (nSPS) is 14.8. The van der Waals surface area contributed by atoms with Crippen LogP contribution in [0.4, 0.5) is 5.69 Å². The van der Waals surface area contributed by atoms with E-state index in [1.807, 2.05) is 12.1 Å². The van der Waals surface area contributed by atoms with Gasteiger partial charge >= 0.3 is 5.97 Å². The lowest BCUT2D eigenvalue weighted by Crippen LogP contribution is -2.29. The van der Waals surface area contributed by atoms with Crippen LogP contribution in [0.15, 0.2) is 53.4 Å². The summed E-state index contributed by atoms with van der Waals surface area (Å²) in [5.74, 6) is -0.460. The minimum atomic E-state index is -3.65. The van der Waals surface area contributed by atoms with E-state index in [1.54, 1.807) is 14.0 Å². The molecule has 1 aliphatic heterocycles. The molecule has 2 aromatic rings. The van der Waals surface area contributed by atoms with E-state index < -0.39 is 16.0 Å². The Labute approximate surface area is 173 Å². The number of benzene rings is 2. The van der Waals surface area contributed by atoms with Crippen molar-refractivity contribution in [2.45, 2.75) is 37.6 Å². The van der Waals surface area contributed by atoms with Crippen molar-refractivity contribution in [1.29, 1.82) is 0 Å². The average molecular weight is 417 g/mol. The smallest absolute Gasteiger partial charge is 0.338 e. The highest BCUT2D eigenvalue weighted by atomic mass is 32.2. The van der Waals surface area contributed by atoms with Gasteiger partial charge in [-0.3, -0.25) is 0 Å². The molecule has 0 bridgehead atoms. The van der Waals surface area contributed by atoms with Gasteiger partial charge in [0.05, 0.1) is 17.1 Å². The van der Waals surface area contributed by atoms with E-state index in [1.165, 1.54) is 53.5 Å². The van der Waals surface area contributed by atoms with Gasteiger partial charge in [0.1, 0.15) is 0 Å². The van der Waals surface area contributed by atoms with Gasteiger partial charge in [-0.1, -0.05) is 12.1 Å². The molecular formula is C22H28N2O4S. The summed E-state index contributed by atoms with van der Waals surface area (Å²) in [5.41, 5.74) is 2.45. The summed E-state index contributed by atoms with van der Waals surface area (Å²) < 4.78 is 32.0. The number of anilines is 1. The van der Waals surface area contributed by atoms with Crippen LogP contribution in [0, 0.1) is 0 Å². The lowest BCUT2D eigenvalue weighted by molar-refractivity contribution is 0.0526. The molecule has 2 aromatic carbocycles. The summed E-state index contributed by atoms with van der Waals surface area (Å²) in [6.45, 7) is 4.44. The number of rotatable bonds is 7. The molecule has 1 heterocycles. The fraction of sp³-hybridized carbons (Fsp3) is 0.409. The SMILES string of the molecule is CCOC(=O)c1ccc(S(=O)(=O)N(C)Cc2ccc(N3CCCCC3)cc2)cc1. The van der Waals surface area contributed by atoms with Gasteiger partial charge in [0.25, 0.3) is 0 Å². The van der Waals surface area contributed by atoms with Crippen molar-refractivity contribution in [3.63, 3.8) is 0 Å². The van der Waals surface area contributed by atoms with Crippen molar-refractivity contribution in [3.05, 3.63) is 59.7 Å². The monoisotopic (exact) mass is 416 g/mol. The van der Waals surface area contributed by atoms with Crippen molar-refractivity contribution < 1.29 is 17.9 Å². The third kappa shape index (κ3) is 5.16. The fourth-order valence-corrected chi connectivity index (χ4v) is 4.62. The Morgan fingerprint density at radius 3 is 2.21 bits per heavy atom. The first-order valence-electron chi connectivity index (χ1n) is 9.99. The van der Waals surface area contributed by atoms with Crippen LogP contribution in [0.5, 0.6) is 0 Å². The molecule has 7 heteroatoms. The molecule has 0 radical (unpaired) electrons. The van der Waals surface area contributed by atoms with E-state index in [-0.39, 0.29) is 18.0 Å². The summed E-state index contributed by atoms with van der Waals surface area (Å²) >= 11 is 0. The third-order valence-electron chi connectivity index (χ3n) is 5.14. The Hall–Kier alpha value is -2.38. The fourth-order valence-electron chi connectivity index (χ4n) is 3.46. The van der Waals surface area contributed by atoms with E-state index in [0.29, 0.717) is 5.56 Å². The molecule has 0 N–H and O–H groups in total. The number of esters is 1. The summed E-state index contributed by atoms with van der Waals surface area (Å²) in [4.78, 5) is 14.3. The quantitative estimate of drug-likeness (QED) is 0.644. The molecule has 0 saturated carbocycles. The van der Waals surface area contributed by atoms with E-state index in [0.717, 1.165) is 18.7 Å². The first-order valence-corrected chi connectivity index (χ1v) is 11.4. The molecule has 0 spiro atoms. The van der Waals surface area contributed by atoms with Gasteiger partial charge in [0.2, 0.25) is 10.0 Å². The summed E-state index contributed by atoms with van der Waals surface area (Å²) in [6.07, 6.45) is 3.73. The number of hydrogen-bond donors (Lipinski definition) is 0. The number of hydrogen-bond acceptors (Lipinski definition) is 5. The van der Waals surface area contributed by atoms with E-state index in [4.69, 9.17) is 4.74 Å². The average Bonchev–Trinajstić information content (AvgIpc) is 2.75. The zero-order chi connectivity index (χ0) is 20.9. The molecule has 6 nitrogen and oxygen atoms in total. The summed E-state index contributed by atoms with van der Waals surface area (Å²) in [5, 5.41) is 0. The number of sulfonamides is 1. The Balaban J connectivity index is 1.67. The zero-order valence-corrected chi connectivity index (χ0v) is 17.8. The molecule has 1 fully saturated rings. The van der Waals surface area contributed by atoms with Gasteiger partial charge in [-0.25, -0.2) is 13.2 Å². The van der Waals surface area contributed by atoms with Crippen molar-refractivity contribution in [2.75, 3.05) is 31.6 Å². The Morgan fingerprint density at radius 2 is 1.62 bits per heavy atom. The van der Waals surface area contributed by atoms with Crippen molar-refractivity contribution in [2.24, 2.45) is 0 Å². The van der Waals surface area contributed by atoms with E-state index in [9.17, 15) is 13.2 Å². The largest absolute Gasteiger partial charge is 0.462 e. The molecule has 1 aliphatic rings. The van der Waals surface area contributed by atoms with Crippen LogP contribution >= 0.6 is 0 Å². The number of carbonyl (C=O) groups is 1. The standard InChI is InChI=1S/C22H28N2O4S/c1-3-28-22(25)19-9-13-21(14-10-19)29(26,27)23(2)17-18-7-11-20(12-8-18)24-15-5-4-6-16-24/h7-14H,3-6,15-17H2,1-2H3. The maximum absolute atomic E-state index is 12.9. The maximum atomic E-state index is 12.9. The minimum Gasteiger partial charge on any atom is -0.462 e. The van der Waals surface area contributed by atoms with Crippen molar-refractivity contribution in [1.82, 2.24) is 4.31 Å². The molecule has 0 aliphatic carbocycles. The van der Waals surface area contributed by atoms with Gasteiger partial charge in [-0.05, 0) is 68.1 Å². The number of carbonyl (C=O) groups excluding carboxylic acids is 1. The van der Waals surface area contributed by atoms with Gasteiger partial charge in [0, 0.05) is 32.4 Å². The molecule has 0 unspecified atom stereocenters. The number of nitrogens with zero attached hydrogens (tertiary/aromatic N) is 2. The molecule has 0 amide bonds. The first-order chi connectivity index (χ1) is 13.9.